The van der Waals surface area contributed by atoms with Gasteiger partial charge in [0.15, 0.2) is 0 Å². The third-order valence-electron chi connectivity index (χ3n) is 9.67. The molecule has 4 aliphatic rings. The van der Waals surface area contributed by atoms with Crippen LogP contribution >= 0.6 is 0 Å². The van der Waals surface area contributed by atoms with Crippen LogP contribution in [0.4, 0.5) is 4.79 Å². The Morgan fingerprint density at radius 1 is 1.07 bits per heavy atom. The lowest BCUT2D eigenvalue weighted by Gasteiger charge is -2.61. The lowest BCUT2D eigenvalue weighted by atomic mass is 9.44. The Balaban J connectivity index is 1.54. The van der Waals surface area contributed by atoms with Crippen LogP contribution in [-0.4, -0.2) is 41.7 Å². The van der Waals surface area contributed by atoms with Crippen molar-refractivity contribution in [3.63, 3.8) is 0 Å². The van der Waals surface area contributed by atoms with Gasteiger partial charge in [0.25, 0.3) is 0 Å². The normalized spacial score (nSPS) is 51.7. The van der Waals surface area contributed by atoms with Gasteiger partial charge in [-0.05, 0) is 86.9 Å². The number of rotatable bonds is 2. The molecule has 0 aromatic rings. The molecule has 5 nitrogen and oxygen atoms in total. The van der Waals surface area contributed by atoms with Crippen molar-refractivity contribution >= 4 is 6.09 Å². The summed E-state index contributed by atoms with van der Waals surface area (Å²) in [6, 6.07) is 0. The Morgan fingerprint density at radius 2 is 1.81 bits per heavy atom. The molecule has 4 saturated carbocycles. The average molecular weight is 380 g/mol. The van der Waals surface area contributed by atoms with Crippen LogP contribution in [0.5, 0.6) is 0 Å². The fourth-order valence-electron chi connectivity index (χ4n) is 7.93. The van der Waals surface area contributed by atoms with Crippen LogP contribution in [0, 0.1) is 34.5 Å². The molecule has 0 spiro atoms. The highest BCUT2D eigenvalue weighted by molar-refractivity contribution is 5.67. The van der Waals surface area contributed by atoms with Crippen molar-refractivity contribution in [3.8, 4) is 0 Å². The number of carbonyl (C=O) groups excluding carboxylic acids is 1. The van der Waals surface area contributed by atoms with E-state index < -0.39 is 11.7 Å². The Kier molecular flexibility index (Phi) is 4.78. The summed E-state index contributed by atoms with van der Waals surface area (Å²) >= 11 is 0. The van der Waals surface area contributed by atoms with Gasteiger partial charge in [0.05, 0.1) is 25.4 Å². The molecule has 1 amide bonds. The highest BCUT2D eigenvalue weighted by Crippen LogP contribution is 2.68. The zero-order chi connectivity index (χ0) is 19.4. The Hall–Kier alpha value is -0.810. The van der Waals surface area contributed by atoms with Gasteiger partial charge in [0, 0.05) is 5.41 Å². The van der Waals surface area contributed by atoms with E-state index in [-0.39, 0.29) is 18.1 Å². The molecule has 27 heavy (non-hydrogen) atoms. The van der Waals surface area contributed by atoms with Crippen LogP contribution in [0.1, 0.15) is 71.6 Å². The van der Waals surface area contributed by atoms with E-state index in [0.717, 1.165) is 44.4 Å². The molecule has 154 valence electrons. The molecule has 4 fully saturated rings. The Morgan fingerprint density at radius 3 is 2.56 bits per heavy atom. The quantitative estimate of drug-likeness (QED) is 0.686. The molecule has 4 rings (SSSR count). The van der Waals surface area contributed by atoms with E-state index in [1.165, 1.54) is 26.4 Å². The van der Waals surface area contributed by atoms with E-state index in [2.05, 4.69) is 19.2 Å². The van der Waals surface area contributed by atoms with Crippen molar-refractivity contribution in [1.82, 2.24) is 5.32 Å². The maximum atomic E-state index is 11.6. The predicted octanol–water partition coefficient (Wildman–Crippen LogP) is 3.48. The van der Waals surface area contributed by atoms with Gasteiger partial charge in [-0.2, -0.15) is 0 Å². The Bertz CT molecular complexity index is 597. The van der Waals surface area contributed by atoms with Gasteiger partial charge in [-0.1, -0.05) is 13.8 Å². The first-order chi connectivity index (χ1) is 12.7. The molecule has 0 bridgehead atoms. The molecule has 0 radical (unpaired) electrons. The zero-order valence-electron chi connectivity index (χ0n) is 17.2. The predicted molar refractivity (Wildman–Crippen MR) is 103 cm³/mol. The zero-order valence-corrected chi connectivity index (χ0v) is 17.2. The van der Waals surface area contributed by atoms with Gasteiger partial charge < -0.3 is 20.3 Å². The second-order valence-corrected chi connectivity index (χ2v) is 10.5. The van der Waals surface area contributed by atoms with Crippen molar-refractivity contribution in [2.24, 2.45) is 34.5 Å². The number of alkyl carbamates (subject to hydrolysis) is 1. The minimum absolute atomic E-state index is 0.102. The van der Waals surface area contributed by atoms with Gasteiger partial charge in [-0.15, -0.1) is 0 Å². The maximum absolute atomic E-state index is 11.6. The van der Waals surface area contributed by atoms with Gasteiger partial charge in [-0.25, -0.2) is 4.79 Å². The molecule has 8 atom stereocenters. The first-order valence-corrected chi connectivity index (χ1v) is 11.0. The fraction of sp³-hybridized carbons (Fsp3) is 0.955. The number of aliphatic hydroxyl groups excluding tert-OH is 1. The minimum Gasteiger partial charge on any atom is -0.453 e. The highest BCUT2D eigenvalue weighted by atomic mass is 16.5. The number of fused-ring (bicyclic) bond motifs is 5. The van der Waals surface area contributed by atoms with Crippen LogP contribution in [0.15, 0.2) is 0 Å². The topological polar surface area (TPSA) is 78.8 Å². The molecular weight excluding hydrogens is 342 g/mol. The standard InChI is InChI=1S/C22H37NO4/c1-20-9-6-15(24)12-14(20)4-5-16-17(20)7-10-21(2)18(16)8-11-22(21,26)13-23-19(25)27-3/h14-18,24,26H,4-13H2,1-3H3,(H,23,25)/t14-,15-,16+,17-,18-,20-,21-,22+/m0/s1. The number of aliphatic hydroxyl groups is 2. The lowest BCUT2D eigenvalue weighted by molar-refractivity contribution is -0.156. The summed E-state index contributed by atoms with van der Waals surface area (Å²) in [6.07, 6.45) is 8.99. The molecule has 5 heteroatoms. The summed E-state index contributed by atoms with van der Waals surface area (Å²) in [4.78, 5) is 11.6. The summed E-state index contributed by atoms with van der Waals surface area (Å²) in [5.74, 6) is 2.59. The van der Waals surface area contributed by atoms with Crippen LogP contribution in [-0.2, 0) is 4.74 Å². The van der Waals surface area contributed by atoms with Crippen LogP contribution in [0.2, 0.25) is 0 Å². The molecule has 0 aliphatic heterocycles. The summed E-state index contributed by atoms with van der Waals surface area (Å²) < 4.78 is 4.71. The van der Waals surface area contributed by atoms with Crippen LogP contribution in [0.25, 0.3) is 0 Å². The van der Waals surface area contributed by atoms with Crippen molar-refractivity contribution < 1.29 is 19.7 Å². The molecular formula is C22H37NO4. The van der Waals surface area contributed by atoms with Crippen LogP contribution < -0.4 is 5.32 Å². The van der Waals surface area contributed by atoms with E-state index in [0.29, 0.717) is 23.2 Å². The second-order valence-electron chi connectivity index (χ2n) is 10.5. The highest BCUT2D eigenvalue weighted by Gasteiger charge is 2.64. The smallest absolute Gasteiger partial charge is 0.406 e. The minimum atomic E-state index is -0.836. The first-order valence-electron chi connectivity index (χ1n) is 11.0. The summed E-state index contributed by atoms with van der Waals surface area (Å²) in [5.41, 5.74) is -0.613. The number of amides is 1. The summed E-state index contributed by atoms with van der Waals surface area (Å²) in [7, 11) is 1.37. The van der Waals surface area contributed by atoms with E-state index in [9.17, 15) is 15.0 Å². The number of methoxy groups -OCH3 is 1. The maximum Gasteiger partial charge on any atom is 0.406 e. The van der Waals surface area contributed by atoms with Crippen molar-refractivity contribution in [2.75, 3.05) is 13.7 Å². The fourth-order valence-corrected chi connectivity index (χ4v) is 7.93. The van der Waals surface area contributed by atoms with Crippen molar-refractivity contribution in [3.05, 3.63) is 0 Å². The van der Waals surface area contributed by atoms with E-state index in [1.54, 1.807) is 0 Å². The van der Waals surface area contributed by atoms with Gasteiger partial charge in [0.2, 0.25) is 0 Å². The SMILES string of the molecule is COC(=O)NC[C@]1(O)CC[C@H]2[C@@H]3CC[C@H]4C[C@@H](O)CC[C@]4(C)[C@H]3CC[C@@]21C. The van der Waals surface area contributed by atoms with E-state index in [4.69, 9.17) is 4.74 Å². The third kappa shape index (κ3) is 2.83. The molecule has 0 heterocycles. The average Bonchev–Trinajstić information content (AvgIpc) is 2.92. The summed E-state index contributed by atoms with van der Waals surface area (Å²) in [6.45, 7) is 5.04. The van der Waals surface area contributed by atoms with Gasteiger partial charge >= 0.3 is 6.09 Å². The molecule has 0 saturated heterocycles. The molecule has 0 aromatic heterocycles. The second kappa shape index (κ2) is 6.62. The number of hydrogen-bond donors (Lipinski definition) is 3. The Labute approximate surface area is 163 Å². The monoisotopic (exact) mass is 379 g/mol. The largest absolute Gasteiger partial charge is 0.453 e. The van der Waals surface area contributed by atoms with E-state index in [1.807, 2.05) is 0 Å². The number of carbonyl (C=O) groups is 1. The van der Waals surface area contributed by atoms with Gasteiger partial charge in [-0.3, -0.25) is 0 Å². The first kappa shape index (κ1) is 19.5. The van der Waals surface area contributed by atoms with Crippen LogP contribution in [0.3, 0.4) is 0 Å². The molecule has 0 aromatic carbocycles. The number of nitrogens with one attached hydrogen (secondary N) is 1. The van der Waals surface area contributed by atoms with Crippen molar-refractivity contribution in [1.29, 1.82) is 0 Å². The number of hydrogen-bond acceptors (Lipinski definition) is 4. The lowest BCUT2D eigenvalue weighted by Crippen LogP contribution is -2.59. The molecule has 0 unspecified atom stereocenters. The summed E-state index contributed by atoms with van der Waals surface area (Å²) in [5, 5.41) is 24.4. The van der Waals surface area contributed by atoms with Gasteiger partial charge in [0.1, 0.15) is 0 Å². The third-order valence-corrected chi connectivity index (χ3v) is 9.67. The van der Waals surface area contributed by atoms with Crippen molar-refractivity contribution in [2.45, 2.75) is 83.3 Å². The van der Waals surface area contributed by atoms with E-state index >= 15 is 0 Å². The molecule has 4 aliphatic carbocycles. The molecule has 3 N–H and O–H groups in total. The number of ether oxygens (including phenoxy) is 1.